The standard InChI is InChI=1S/C13H16BrN/c14-12-3-1-11(2-4-12)13-7-5-10(9-13)6-8-15-13/h1-4,10,15H,5-9H2. The third-order valence-corrected chi connectivity index (χ3v) is 4.56. The monoisotopic (exact) mass is 265 g/mol. The van der Waals surface area contributed by atoms with Gasteiger partial charge in [0.05, 0.1) is 0 Å². The lowest BCUT2D eigenvalue weighted by Gasteiger charge is -2.35. The number of fused-ring (bicyclic) bond motifs is 2. The fraction of sp³-hybridized carbons (Fsp3) is 0.538. The maximum atomic E-state index is 3.74. The molecule has 0 aromatic heterocycles. The van der Waals surface area contributed by atoms with Crippen LogP contribution in [0.25, 0.3) is 0 Å². The van der Waals surface area contributed by atoms with Crippen LogP contribution in [0.2, 0.25) is 0 Å². The fourth-order valence-electron chi connectivity index (χ4n) is 3.20. The normalized spacial score (nSPS) is 34.3. The minimum absolute atomic E-state index is 0.309. The predicted octanol–water partition coefficient (Wildman–Crippen LogP) is 3.44. The first-order chi connectivity index (χ1) is 7.28. The van der Waals surface area contributed by atoms with Crippen molar-refractivity contribution in [2.24, 2.45) is 5.92 Å². The van der Waals surface area contributed by atoms with Crippen molar-refractivity contribution in [1.29, 1.82) is 0 Å². The predicted molar refractivity (Wildman–Crippen MR) is 65.8 cm³/mol. The lowest BCUT2D eigenvalue weighted by Crippen LogP contribution is -2.43. The van der Waals surface area contributed by atoms with E-state index in [0.717, 1.165) is 5.92 Å². The maximum Gasteiger partial charge on any atom is 0.0437 e. The molecule has 1 aromatic rings. The van der Waals surface area contributed by atoms with Crippen LogP contribution in [0.1, 0.15) is 31.2 Å². The Kier molecular flexibility index (Phi) is 2.37. The van der Waals surface area contributed by atoms with Crippen molar-refractivity contribution < 1.29 is 0 Å². The van der Waals surface area contributed by atoms with Crippen molar-refractivity contribution in [2.75, 3.05) is 6.54 Å². The minimum Gasteiger partial charge on any atom is -0.307 e. The third kappa shape index (κ3) is 1.64. The summed E-state index contributed by atoms with van der Waals surface area (Å²) in [5.41, 5.74) is 1.79. The molecule has 2 unspecified atom stereocenters. The highest BCUT2D eigenvalue weighted by Crippen LogP contribution is 2.46. The van der Waals surface area contributed by atoms with Crippen molar-refractivity contribution >= 4 is 15.9 Å². The zero-order valence-electron chi connectivity index (χ0n) is 8.80. The molecular formula is C13H16BrN. The summed E-state index contributed by atoms with van der Waals surface area (Å²) in [4.78, 5) is 0. The van der Waals surface area contributed by atoms with Gasteiger partial charge < -0.3 is 5.32 Å². The highest BCUT2D eigenvalue weighted by atomic mass is 79.9. The van der Waals surface area contributed by atoms with Crippen molar-refractivity contribution in [2.45, 2.75) is 31.2 Å². The molecule has 0 radical (unpaired) electrons. The van der Waals surface area contributed by atoms with Crippen LogP contribution in [0, 0.1) is 5.92 Å². The Morgan fingerprint density at radius 3 is 2.80 bits per heavy atom. The van der Waals surface area contributed by atoms with Crippen LogP contribution in [0.4, 0.5) is 0 Å². The lowest BCUT2D eigenvalue weighted by atomic mass is 9.84. The maximum absolute atomic E-state index is 3.74. The van der Waals surface area contributed by atoms with Gasteiger partial charge in [0.25, 0.3) is 0 Å². The molecule has 1 aliphatic carbocycles. The first-order valence-corrected chi connectivity index (χ1v) is 6.59. The number of hydrogen-bond donors (Lipinski definition) is 1. The van der Waals surface area contributed by atoms with Crippen LogP contribution < -0.4 is 5.32 Å². The molecule has 2 aliphatic rings. The van der Waals surface area contributed by atoms with E-state index in [4.69, 9.17) is 0 Å². The molecule has 1 saturated carbocycles. The van der Waals surface area contributed by atoms with E-state index in [2.05, 4.69) is 45.5 Å². The van der Waals surface area contributed by atoms with Crippen LogP contribution in [0.3, 0.4) is 0 Å². The summed E-state index contributed by atoms with van der Waals surface area (Å²) in [7, 11) is 0. The Labute approximate surface area is 99.4 Å². The van der Waals surface area contributed by atoms with E-state index in [1.165, 1.54) is 42.3 Å². The molecule has 2 heteroatoms. The molecule has 80 valence electrons. The molecular weight excluding hydrogens is 250 g/mol. The number of piperidine rings is 1. The highest BCUT2D eigenvalue weighted by molar-refractivity contribution is 9.10. The Balaban J connectivity index is 1.95. The minimum atomic E-state index is 0.309. The second kappa shape index (κ2) is 3.60. The van der Waals surface area contributed by atoms with Crippen molar-refractivity contribution in [3.8, 4) is 0 Å². The average molecular weight is 266 g/mol. The Morgan fingerprint density at radius 2 is 2.00 bits per heavy atom. The summed E-state index contributed by atoms with van der Waals surface area (Å²) in [5.74, 6) is 0.967. The van der Waals surface area contributed by atoms with E-state index >= 15 is 0 Å². The Hall–Kier alpha value is -0.340. The zero-order valence-corrected chi connectivity index (χ0v) is 10.4. The number of hydrogen-bond acceptors (Lipinski definition) is 1. The summed E-state index contributed by atoms with van der Waals surface area (Å²) >= 11 is 3.50. The first kappa shape index (κ1) is 9.86. The van der Waals surface area contributed by atoms with E-state index in [-0.39, 0.29) is 0 Å². The van der Waals surface area contributed by atoms with Gasteiger partial charge in [0.1, 0.15) is 0 Å². The van der Waals surface area contributed by atoms with Gasteiger partial charge >= 0.3 is 0 Å². The van der Waals surface area contributed by atoms with Gasteiger partial charge in [0.2, 0.25) is 0 Å². The molecule has 1 aromatic carbocycles. The van der Waals surface area contributed by atoms with Gasteiger partial charge in [0.15, 0.2) is 0 Å². The molecule has 1 heterocycles. The number of rotatable bonds is 1. The molecule has 15 heavy (non-hydrogen) atoms. The smallest absolute Gasteiger partial charge is 0.0437 e. The Bertz CT molecular complexity index is 355. The third-order valence-electron chi connectivity index (χ3n) is 4.03. The van der Waals surface area contributed by atoms with E-state index in [9.17, 15) is 0 Å². The van der Waals surface area contributed by atoms with Gasteiger partial charge in [-0.25, -0.2) is 0 Å². The lowest BCUT2D eigenvalue weighted by molar-refractivity contribution is 0.275. The molecule has 2 bridgehead atoms. The van der Waals surface area contributed by atoms with E-state index in [1.807, 2.05) is 0 Å². The van der Waals surface area contributed by atoms with E-state index in [1.54, 1.807) is 0 Å². The summed E-state index contributed by atoms with van der Waals surface area (Å²) in [6, 6.07) is 8.86. The molecule has 1 saturated heterocycles. The number of benzene rings is 1. The van der Waals surface area contributed by atoms with E-state index < -0.39 is 0 Å². The molecule has 2 fully saturated rings. The summed E-state index contributed by atoms with van der Waals surface area (Å²) in [6.45, 7) is 1.20. The molecule has 1 aliphatic heterocycles. The van der Waals surface area contributed by atoms with Crippen LogP contribution in [0.5, 0.6) is 0 Å². The molecule has 0 amide bonds. The van der Waals surface area contributed by atoms with Crippen LogP contribution in [-0.4, -0.2) is 6.54 Å². The molecule has 3 rings (SSSR count). The first-order valence-electron chi connectivity index (χ1n) is 5.80. The van der Waals surface area contributed by atoms with E-state index in [0.29, 0.717) is 5.54 Å². The summed E-state index contributed by atoms with van der Waals surface area (Å²) in [5, 5.41) is 3.74. The van der Waals surface area contributed by atoms with Crippen molar-refractivity contribution in [3.05, 3.63) is 34.3 Å². The van der Waals surface area contributed by atoms with Crippen molar-refractivity contribution in [1.82, 2.24) is 5.32 Å². The van der Waals surface area contributed by atoms with Gasteiger partial charge in [0, 0.05) is 10.0 Å². The molecule has 0 spiro atoms. The summed E-state index contributed by atoms with van der Waals surface area (Å²) < 4.78 is 1.17. The average Bonchev–Trinajstić information content (AvgIpc) is 2.56. The quantitative estimate of drug-likeness (QED) is 0.821. The largest absolute Gasteiger partial charge is 0.307 e. The van der Waals surface area contributed by atoms with Gasteiger partial charge in [-0.2, -0.15) is 0 Å². The van der Waals surface area contributed by atoms with Crippen LogP contribution >= 0.6 is 15.9 Å². The van der Waals surface area contributed by atoms with Gasteiger partial charge in [-0.1, -0.05) is 28.1 Å². The molecule has 1 N–H and O–H groups in total. The second-order valence-corrected chi connectivity index (χ2v) is 5.83. The topological polar surface area (TPSA) is 12.0 Å². The number of halogens is 1. The van der Waals surface area contributed by atoms with Gasteiger partial charge in [-0.3, -0.25) is 0 Å². The summed E-state index contributed by atoms with van der Waals surface area (Å²) in [6.07, 6.45) is 5.44. The SMILES string of the molecule is Brc1ccc(C23CCC(CCN2)C3)cc1. The molecule has 2 atom stereocenters. The fourth-order valence-corrected chi connectivity index (χ4v) is 3.47. The number of nitrogens with one attached hydrogen (secondary N) is 1. The van der Waals surface area contributed by atoms with Crippen molar-refractivity contribution in [3.63, 3.8) is 0 Å². The zero-order chi connectivity index (χ0) is 10.3. The highest BCUT2D eigenvalue weighted by Gasteiger charge is 2.42. The second-order valence-electron chi connectivity index (χ2n) is 4.91. The van der Waals surface area contributed by atoms with Gasteiger partial charge in [-0.05, 0) is 55.8 Å². The molecule has 1 nitrogen and oxygen atoms in total. The van der Waals surface area contributed by atoms with Gasteiger partial charge in [-0.15, -0.1) is 0 Å². The Morgan fingerprint density at radius 1 is 1.20 bits per heavy atom. The van der Waals surface area contributed by atoms with Crippen LogP contribution in [-0.2, 0) is 5.54 Å². The van der Waals surface area contributed by atoms with Crippen LogP contribution in [0.15, 0.2) is 28.7 Å².